The highest BCUT2D eigenvalue weighted by molar-refractivity contribution is 5.93. The molecule has 6 heteroatoms. The van der Waals surface area contributed by atoms with Gasteiger partial charge in [-0.15, -0.1) is 0 Å². The highest BCUT2D eigenvalue weighted by atomic mass is 16.5. The van der Waals surface area contributed by atoms with Gasteiger partial charge in [0.15, 0.2) is 5.96 Å². The first-order valence-corrected chi connectivity index (χ1v) is 10.2. The summed E-state index contributed by atoms with van der Waals surface area (Å²) in [6.45, 7) is 2.25. The molecule has 2 aromatic rings. The third kappa shape index (κ3) is 5.73. The number of hydrogen-bond donors (Lipinski definition) is 2. The number of benzene rings is 2. The highest BCUT2D eigenvalue weighted by Gasteiger charge is 2.19. The van der Waals surface area contributed by atoms with Crippen molar-refractivity contribution < 1.29 is 9.53 Å². The highest BCUT2D eigenvalue weighted by Crippen LogP contribution is 2.21. The molecule has 1 aliphatic rings. The molecule has 1 amide bonds. The van der Waals surface area contributed by atoms with Crippen molar-refractivity contribution in [1.82, 2.24) is 10.6 Å². The maximum Gasteiger partial charge on any atom is 0.226 e. The molecule has 0 unspecified atom stereocenters. The molecule has 1 saturated heterocycles. The Morgan fingerprint density at radius 3 is 2.62 bits per heavy atom. The van der Waals surface area contributed by atoms with Crippen LogP contribution in [-0.4, -0.2) is 39.1 Å². The molecule has 1 fully saturated rings. The molecule has 0 aliphatic carbocycles. The monoisotopic (exact) mass is 394 g/mol. The fraction of sp³-hybridized carbons (Fsp3) is 0.391. The van der Waals surface area contributed by atoms with Crippen molar-refractivity contribution in [3.8, 4) is 5.75 Å². The van der Waals surface area contributed by atoms with Crippen molar-refractivity contribution in [3.63, 3.8) is 0 Å². The zero-order valence-electron chi connectivity index (χ0n) is 17.3. The fourth-order valence-electron chi connectivity index (χ4n) is 3.50. The fourth-order valence-corrected chi connectivity index (χ4v) is 3.50. The first-order chi connectivity index (χ1) is 14.2. The van der Waals surface area contributed by atoms with Crippen molar-refractivity contribution in [2.24, 2.45) is 4.99 Å². The summed E-state index contributed by atoms with van der Waals surface area (Å²) in [5.74, 6) is 1.89. The smallest absolute Gasteiger partial charge is 0.226 e. The lowest BCUT2D eigenvalue weighted by Crippen LogP contribution is -2.38. The summed E-state index contributed by atoms with van der Waals surface area (Å²) in [5.41, 5.74) is 3.30. The van der Waals surface area contributed by atoms with Crippen molar-refractivity contribution in [2.75, 3.05) is 32.1 Å². The largest absolute Gasteiger partial charge is 0.496 e. The molecule has 0 radical (unpaired) electrons. The van der Waals surface area contributed by atoms with Gasteiger partial charge in [0, 0.05) is 38.8 Å². The number of nitrogens with one attached hydrogen (secondary N) is 2. The topological polar surface area (TPSA) is 66.0 Å². The zero-order valence-corrected chi connectivity index (χ0v) is 17.3. The van der Waals surface area contributed by atoms with E-state index in [1.54, 1.807) is 14.2 Å². The van der Waals surface area contributed by atoms with E-state index in [0.717, 1.165) is 55.3 Å². The summed E-state index contributed by atoms with van der Waals surface area (Å²) in [6, 6.07) is 16.2. The molecule has 29 heavy (non-hydrogen) atoms. The molecule has 0 atom stereocenters. The van der Waals surface area contributed by atoms with E-state index in [1.165, 1.54) is 5.56 Å². The summed E-state index contributed by atoms with van der Waals surface area (Å²) in [4.78, 5) is 18.2. The van der Waals surface area contributed by atoms with Crippen LogP contribution in [0.5, 0.6) is 5.75 Å². The van der Waals surface area contributed by atoms with Gasteiger partial charge in [0.25, 0.3) is 0 Å². The van der Waals surface area contributed by atoms with E-state index < -0.39 is 0 Å². The van der Waals surface area contributed by atoms with E-state index in [0.29, 0.717) is 13.0 Å². The second kappa shape index (κ2) is 10.5. The van der Waals surface area contributed by atoms with Crippen LogP contribution in [0.15, 0.2) is 53.5 Å². The number of aliphatic imine (C=N–C) groups is 1. The quantitative estimate of drug-likeness (QED) is 0.559. The van der Waals surface area contributed by atoms with Gasteiger partial charge in [-0.05, 0) is 48.6 Å². The van der Waals surface area contributed by atoms with Gasteiger partial charge in [0.05, 0.1) is 7.11 Å². The van der Waals surface area contributed by atoms with Crippen LogP contribution in [0.4, 0.5) is 5.69 Å². The first-order valence-electron chi connectivity index (χ1n) is 10.2. The molecule has 0 spiro atoms. The average molecular weight is 395 g/mol. The molecule has 1 aliphatic heterocycles. The average Bonchev–Trinajstić information content (AvgIpc) is 2.77. The van der Waals surface area contributed by atoms with E-state index in [4.69, 9.17) is 4.74 Å². The lowest BCUT2D eigenvalue weighted by molar-refractivity contribution is -0.119. The van der Waals surface area contributed by atoms with Gasteiger partial charge in [-0.1, -0.05) is 30.3 Å². The van der Waals surface area contributed by atoms with Crippen molar-refractivity contribution >= 4 is 17.6 Å². The van der Waals surface area contributed by atoms with E-state index in [9.17, 15) is 4.79 Å². The number of hydrogen-bond acceptors (Lipinski definition) is 3. The number of piperidine rings is 1. The normalized spacial score (nSPS) is 14.6. The van der Waals surface area contributed by atoms with Gasteiger partial charge >= 0.3 is 0 Å². The molecule has 3 rings (SSSR count). The summed E-state index contributed by atoms with van der Waals surface area (Å²) in [5, 5.41) is 6.67. The minimum absolute atomic E-state index is 0.224. The molecular weight excluding hydrogens is 364 g/mol. The van der Waals surface area contributed by atoms with E-state index in [-0.39, 0.29) is 5.91 Å². The number of anilines is 1. The molecule has 0 bridgehead atoms. The van der Waals surface area contributed by atoms with Crippen molar-refractivity contribution in [1.29, 1.82) is 0 Å². The standard InChI is InChI=1S/C23H30N4O2/c1-24-23(25-15-14-19-7-3-4-8-21(19)29-2)26-17-18-10-12-20(13-11-18)27-16-6-5-9-22(27)28/h3-4,7-8,10-13H,5-6,9,14-17H2,1-2H3,(H2,24,25,26). The number of nitrogens with zero attached hydrogens (tertiary/aromatic N) is 2. The van der Waals surface area contributed by atoms with Crippen LogP contribution in [0.2, 0.25) is 0 Å². The summed E-state index contributed by atoms with van der Waals surface area (Å²) in [7, 11) is 3.46. The second-order valence-electron chi connectivity index (χ2n) is 7.08. The lowest BCUT2D eigenvalue weighted by Gasteiger charge is -2.26. The van der Waals surface area contributed by atoms with Gasteiger partial charge < -0.3 is 20.3 Å². The molecule has 6 nitrogen and oxygen atoms in total. The predicted octanol–water partition coefficient (Wildman–Crippen LogP) is 3.12. The van der Waals surface area contributed by atoms with Crippen LogP contribution in [0.3, 0.4) is 0 Å². The second-order valence-corrected chi connectivity index (χ2v) is 7.08. The van der Waals surface area contributed by atoms with Crippen LogP contribution < -0.4 is 20.3 Å². The summed E-state index contributed by atoms with van der Waals surface area (Å²) >= 11 is 0. The van der Waals surface area contributed by atoms with Crippen LogP contribution in [0.25, 0.3) is 0 Å². The minimum Gasteiger partial charge on any atom is -0.496 e. The van der Waals surface area contributed by atoms with E-state index in [1.807, 2.05) is 35.2 Å². The minimum atomic E-state index is 0.224. The molecule has 2 N–H and O–H groups in total. The molecule has 2 aromatic carbocycles. The number of carbonyl (C=O) groups excluding carboxylic acids is 1. The molecule has 1 heterocycles. The van der Waals surface area contributed by atoms with Crippen molar-refractivity contribution in [2.45, 2.75) is 32.2 Å². The van der Waals surface area contributed by atoms with E-state index in [2.05, 4.69) is 33.8 Å². The Morgan fingerprint density at radius 1 is 1.10 bits per heavy atom. The Morgan fingerprint density at radius 2 is 1.90 bits per heavy atom. The van der Waals surface area contributed by atoms with Gasteiger partial charge in [0.2, 0.25) is 5.91 Å². The number of para-hydroxylation sites is 1. The van der Waals surface area contributed by atoms with Gasteiger partial charge in [-0.25, -0.2) is 0 Å². The Kier molecular flexibility index (Phi) is 7.50. The van der Waals surface area contributed by atoms with Crippen molar-refractivity contribution in [3.05, 3.63) is 59.7 Å². The number of guanidine groups is 1. The maximum absolute atomic E-state index is 12.1. The Balaban J connectivity index is 1.47. The van der Waals surface area contributed by atoms with Gasteiger partial charge in [-0.2, -0.15) is 0 Å². The Bertz CT molecular complexity index is 833. The van der Waals surface area contributed by atoms with Gasteiger partial charge in [0.1, 0.15) is 5.75 Å². The van der Waals surface area contributed by atoms with Crippen LogP contribution in [0, 0.1) is 0 Å². The molecule has 0 saturated carbocycles. The summed E-state index contributed by atoms with van der Waals surface area (Å²) < 4.78 is 5.40. The predicted molar refractivity (Wildman–Crippen MR) is 118 cm³/mol. The summed E-state index contributed by atoms with van der Waals surface area (Å²) in [6.07, 6.45) is 3.58. The van der Waals surface area contributed by atoms with Gasteiger partial charge in [-0.3, -0.25) is 9.79 Å². The number of ether oxygens (including phenoxy) is 1. The lowest BCUT2D eigenvalue weighted by atomic mass is 10.1. The molecule has 0 aromatic heterocycles. The van der Waals surface area contributed by atoms with E-state index >= 15 is 0 Å². The maximum atomic E-state index is 12.1. The van der Waals surface area contributed by atoms with Crippen LogP contribution >= 0.6 is 0 Å². The number of carbonyl (C=O) groups is 1. The molecule has 154 valence electrons. The Labute approximate surface area is 173 Å². The Hall–Kier alpha value is -3.02. The third-order valence-electron chi connectivity index (χ3n) is 5.13. The number of rotatable bonds is 7. The first kappa shape index (κ1) is 20.7. The number of methoxy groups -OCH3 is 1. The zero-order chi connectivity index (χ0) is 20.5. The van der Waals surface area contributed by atoms with Crippen LogP contribution in [0.1, 0.15) is 30.4 Å². The number of amides is 1. The van der Waals surface area contributed by atoms with Crippen LogP contribution in [-0.2, 0) is 17.8 Å². The molecular formula is C23H30N4O2. The third-order valence-corrected chi connectivity index (χ3v) is 5.13. The SMILES string of the molecule is CN=C(NCCc1ccccc1OC)NCc1ccc(N2CCCCC2=O)cc1.